The standard InChI is InChI=1S/C9H10F2N2O/c1-6(13-9(14)8(10)11)7-4-2-3-5-12-7/h2-6,8H,1H3,(H,13,14)/t6-/m0/s1. The first-order chi connectivity index (χ1) is 6.61. The Labute approximate surface area is 80.2 Å². The fraction of sp³-hybridized carbons (Fsp3) is 0.333. The molecule has 0 bridgehead atoms. The van der Waals surface area contributed by atoms with Gasteiger partial charge in [-0.3, -0.25) is 9.78 Å². The van der Waals surface area contributed by atoms with Crippen LogP contribution >= 0.6 is 0 Å². The Morgan fingerprint density at radius 3 is 2.71 bits per heavy atom. The third-order valence-electron chi connectivity index (χ3n) is 1.69. The van der Waals surface area contributed by atoms with E-state index in [0.29, 0.717) is 5.69 Å². The largest absolute Gasteiger partial charge is 0.343 e. The molecule has 3 nitrogen and oxygen atoms in total. The van der Waals surface area contributed by atoms with Gasteiger partial charge >= 0.3 is 6.43 Å². The van der Waals surface area contributed by atoms with Gasteiger partial charge in [0.1, 0.15) is 0 Å². The third kappa shape index (κ3) is 2.76. The molecule has 0 radical (unpaired) electrons. The van der Waals surface area contributed by atoms with E-state index in [2.05, 4.69) is 10.3 Å². The lowest BCUT2D eigenvalue weighted by Crippen LogP contribution is -2.32. The van der Waals surface area contributed by atoms with Gasteiger partial charge in [-0.15, -0.1) is 0 Å². The van der Waals surface area contributed by atoms with Crippen LogP contribution in [0.2, 0.25) is 0 Å². The van der Waals surface area contributed by atoms with E-state index in [4.69, 9.17) is 0 Å². The molecule has 0 saturated heterocycles. The van der Waals surface area contributed by atoms with Crippen LogP contribution < -0.4 is 5.32 Å². The van der Waals surface area contributed by atoms with Gasteiger partial charge in [-0.2, -0.15) is 8.78 Å². The van der Waals surface area contributed by atoms with Gasteiger partial charge in [-0.25, -0.2) is 0 Å². The Bertz CT molecular complexity index is 303. The molecule has 0 unspecified atom stereocenters. The molecule has 0 aliphatic rings. The SMILES string of the molecule is C[C@H](NC(=O)C(F)F)c1ccccn1. The van der Waals surface area contributed by atoms with Gasteiger partial charge in [0.25, 0.3) is 5.91 Å². The Hall–Kier alpha value is -1.52. The average molecular weight is 200 g/mol. The number of nitrogens with zero attached hydrogens (tertiary/aromatic N) is 1. The van der Waals surface area contributed by atoms with Crippen molar-refractivity contribution in [2.24, 2.45) is 0 Å². The van der Waals surface area contributed by atoms with E-state index in [0.717, 1.165) is 0 Å². The molecule has 1 N–H and O–H groups in total. The summed E-state index contributed by atoms with van der Waals surface area (Å²) in [4.78, 5) is 14.6. The van der Waals surface area contributed by atoms with Crippen molar-refractivity contribution in [3.8, 4) is 0 Å². The lowest BCUT2D eigenvalue weighted by molar-refractivity contribution is -0.132. The maximum absolute atomic E-state index is 11.9. The van der Waals surface area contributed by atoms with Crippen LogP contribution in [0.3, 0.4) is 0 Å². The normalized spacial score (nSPS) is 12.6. The number of hydrogen-bond donors (Lipinski definition) is 1. The number of nitrogens with one attached hydrogen (secondary N) is 1. The number of pyridine rings is 1. The van der Waals surface area contributed by atoms with Crippen LogP contribution in [0.4, 0.5) is 8.78 Å². The van der Waals surface area contributed by atoms with Crippen LogP contribution in [-0.2, 0) is 4.79 Å². The Morgan fingerprint density at radius 2 is 2.21 bits per heavy atom. The predicted molar refractivity (Wildman–Crippen MR) is 46.8 cm³/mol. The first-order valence-corrected chi connectivity index (χ1v) is 4.10. The minimum absolute atomic E-state index is 0.502. The second-order valence-electron chi connectivity index (χ2n) is 2.79. The minimum Gasteiger partial charge on any atom is -0.343 e. The zero-order chi connectivity index (χ0) is 10.6. The molecule has 1 rings (SSSR count). The van der Waals surface area contributed by atoms with Gasteiger partial charge in [-0.1, -0.05) is 6.07 Å². The number of alkyl halides is 2. The van der Waals surface area contributed by atoms with Crippen LogP contribution in [-0.4, -0.2) is 17.3 Å². The van der Waals surface area contributed by atoms with Gasteiger partial charge in [0.05, 0.1) is 11.7 Å². The summed E-state index contributed by atoms with van der Waals surface area (Å²) in [6.45, 7) is 1.60. The van der Waals surface area contributed by atoms with Gasteiger partial charge in [0.15, 0.2) is 0 Å². The molecule has 0 aromatic carbocycles. The highest BCUT2D eigenvalue weighted by molar-refractivity contribution is 5.79. The first-order valence-electron chi connectivity index (χ1n) is 4.10. The van der Waals surface area contributed by atoms with E-state index in [1.54, 1.807) is 31.3 Å². The fourth-order valence-corrected chi connectivity index (χ4v) is 0.982. The Kier molecular flexibility index (Phi) is 3.50. The molecule has 0 aliphatic heterocycles. The second kappa shape index (κ2) is 4.64. The molecular formula is C9H10F2N2O. The summed E-state index contributed by atoms with van der Waals surface area (Å²) in [5.41, 5.74) is 0.557. The molecule has 1 atom stereocenters. The molecule has 0 spiro atoms. The van der Waals surface area contributed by atoms with Crippen LogP contribution in [0.25, 0.3) is 0 Å². The highest BCUT2D eigenvalue weighted by Crippen LogP contribution is 2.08. The van der Waals surface area contributed by atoms with Crippen molar-refractivity contribution in [2.75, 3.05) is 0 Å². The lowest BCUT2D eigenvalue weighted by atomic mass is 10.2. The van der Waals surface area contributed by atoms with Crippen LogP contribution in [0.5, 0.6) is 0 Å². The summed E-state index contributed by atoms with van der Waals surface area (Å²) < 4.78 is 23.7. The Balaban J connectivity index is 2.59. The van der Waals surface area contributed by atoms with Crippen molar-refractivity contribution >= 4 is 5.91 Å². The van der Waals surface area contributed by atoms with Crippen LogP contribution in [0.15, 0.2) is 24.4 Å². The Morgan fingerprint density at radius 1 is 1.50 bits per heavy atom. The van der Waals surface area contributed by atoms with Crippen LogP contribution in [0.1, 0.15) is 18.7 Å². The van der Waals surface area contributed by atoms with Gasteiger partial charge < -0.3 is 5.32 Å². The zero-order valence-corrected chi connectivity index (χ0v) is 7.58. The first kappa shape index (κ1) is 10.6. The number of halogens is 2. The highest BCUT2D eigenvalue weighted by Gasteiger charge is 2.18. The summed E-state index contributed by atoms with van der Waals surface area (Å²) in [6, 6.07) is 4.60. The molecule has 0 saturated carbocycles. The van der Waals surface area contributed by atoms with E-state index < -0.39 is 18.4 Å². The summed E-state index contributed by atoms with van der Waals surface area (Å²) in [5, 5.41) is 2.14. The highest BCUT2D eigenvalue weighted by atomic mass is 19.3. The summed E-state index contributed by atoms with van der Waals surface area (Å²) in [6.07, 6.45) is -1.44. The van der Waals surface area contributed by atoms with E-state index in [1.165, 1.54) is 0 Å². The molecular weight excluding hydrogens is 190 g/mol. The maximum Gasteiger partial charge on any atom is 0.315 e. The lowest BCUT2D eigenvalue weighted by Gasteiger charge is -2.12. The topological polar surface area (TPSA) is 42.0 Å². The van der Waals surface area contributed by atoms with Crippen molar-refractivity contribution in [3.05, 3.63) is 30.1 Å². The van der Waals surface area contributed by atoms with Crippen molar-refractivity contribution in [3.63, 3.8) is 0 Å². The van der Waals surface area contributed by atoms with E-state index in [-0.39, 0.29) is 0 Å². The summed E-state index contributed by atoms with van der Waals surface area (Å²) >= 11 is 0. The van der Waals surface area contributed by atoms with Crippen molar-refractivity contribution in [1.29, 1.82) is 0 Å². The smallest absolute Gasteiger partial charge is 0.315 e. The van der Waals surface area contributed by atoms with Crippen LogP contribution in [0, 0.1) is 0 Å². The molecule has 1 aromatic heterocycles. The molecule has 14 heavy (non-hydrogen) atoms. The monoisotopic (exact) mass is 200 g/mol. The molecule has 1 amide bonds. The van der Waals surface area contributed by atoms with E-state index >= 15 is 0 Å². The molecule has 1 heterocycles. The number of rotatable bonds is 3. The number of amides is 1. The number of hydrogen-bond acceptors (Lipinski definition) is 2. The van der Waals surface area contributed by atoms with Gasteiger partial charge in [0, 0.05) is 6.20 Å². The van der Waals surface area contributed by atoms with E-state index in [1.807, 2.05) is 0 Å². The predicted octanol–water partition coefficient (Wildman–Crippen LogP) is 1.52. The summed E-state index contributed by atoms with van der Waals surface area (Å²) in [5.74, 6) is -1.27. The zero-order valence-electron chi connectivity index (χ0n) is 7.58. The summed E-state index contributed by atoms with van der Waals surface area (Å²) in [7, 11) is 0. The molecule has 0 aliphatic carbocycles. The average Bonchev–Trinajstić information content (AvgIpc) is 2.19. The number of carbonyl (C=O) groups is 1. The molecule has 0 fully saturated rings. The molecule has 5 heteroatoms. The quantitative estimate of drug-likeness (QED) is 0.803. The minimum atomic E-state index is -2.99. The second-order valence-corrected chi connectivity index (χ2v) is 2.79. The van der Waals surface area contributed by atoms with E-state index in [9.17, 15) is 13.6 Å². The van der Waals surface area contributed by atoms with Crippen molar-refractivity contribution in [1.82, 2.24) is 10.3 Å². The maximum atomic E-state index is 11.9. The van der Waals surface area contributed by atoms with Crippen molar-refractivity contribution in [2.45, 2.75) is 19.4 Å². The number of carbonyl (C=O) groups excluding carboxylic acids is 1. The van der Waals surface area contributed by atoms with Gasteiger partial charge in [0.2, 0.25) is 0 Å². The molecule has 1 aromatic rings. The number of aromatic nitrogens is 1. The third-order valence-corrected chi connectivity index (χ3v) is 1.69. The molecule has 76 valence electrons. The fourth-order valence-electron chi connectivity index (χ4n) is 0.982. The van der Waals surface area contributed by atoms with Crippen molar-refractivity contribution < 1.29 is 13.6 Å². The van der Waals surface area contributed by atoms with Gasteiger partial charge in [-0.05, 0) is 19.1 Å².